The van der Waals surface area contributed by atoms with E-state index in [-0.39, 0.29) is 10.8 Å². The molecule has 0 aliphatic rings. The quantitative estimate of drug-likeness (QED) is 0.611. The smallest absolute Gasteiger partial charge is 0.124 e. The van der Waals surface area contributed by atoms with Crippen LogP contribution < -0.4 is 11.1 Å². The van der Waals surface area contributed by atoms with Gasteiger partial charge in [-0.1, -0.05) is 12.2 Å². The molecule has 1 unspecified atom stereocenters. The molecule has 3 N–H and O–H groups in total. The lowest BCUT2D eigenvalue weighted by Gasteiger charge is -2.10. The molecule has 0 spiro atoms. The van der Waals surface area contributed by atoms with Crippen molar-refractivity contribution in [3.8, 4) is 0 Å². The zero-order valence-electron chi connectivity index (χ0n) is 9.53. The van der Waals surface area contributed by atoms with Crippen molar-refractivity contribution in [2.24, 2.45) is 5.73 Å². The van der Waals surface area contributed by atoms with E-state index in [0.29, 0.717) is 23.5 Å². The second-order valence-electron chi connectivity index (χ2n) is 3.61. The molecule has 0 saturated carbocycles. The van der Waals surface area contributed by atoms with Crippen molar-refractivity contribution < 1.29 is 8.60 Å². The van der Waals surface area contributed by atoms with Gasteiger partial charge in [0, 0.05) is 40.6 Å². The molecule has 0 radical (unpaired) electrons. The fourth-order valence-corrected chi connectivity index (χ4v) is 2.09. The van der Waals surface area contributed by atoms with E-state index in [2.05, 4.69) is 5.32 Å². The molecule has 0 heterocycles. The summed E-state index contributed by atoms with van der Waals surface area (Å²) in [6.45, 7) is 0.654. The van der Waals surface area contributed by atoms with E-state index < -0.39 is 10.8 Å². The predicted molar refractivity (Wildman–Crippen MR) is 74.3 cm³/mol. The third kappa shape index (κ3) is 4.79. The maximum Gasteiger partial charge on any atom is 0.124 e. The van der Waals surface area contributed by atoms with E-state index in [4.69, 9.17) is 18.0 Å². The van der Waals surface area contributed by atoms with Crippen LogP contribution in [-0.2, 0) is 10.8 Å². The Labute approximate surface area is 108 Å². The fraction of sp³-hybridized carbons (Fsp3) is 0.364. The van der Waals surface area contributed by atoms with Crippen LogP contribution in [0.25, 0.3) is 0 Å². The molecule has 3 nitrogen and oxygen atoms in total. The van der Waals surface area contributed by atoms with Gasteiger partial charge in [-0.3, -0.25) is 4.21 Å². The molecule has 17 heavy (non-hydrogen) atoms. The minimum atomic E-state index is -0.792. The summed E-state index contributed by atoms with van der Waals surface area (Å²) in [5.41, 5.74) is 6.72. The van der Waals surface area contributed by atoms with Gasteiger partial charge in [-0.15, -0.1) is 0 Å². The average molecular weight is 274 g/mol. The summed E-state index contributed by atoms with van der Waals surface area (Å²) in [6, 6.07) is 4.26. The summed E-state index contributed by atoms with van der Waals surface area (Å²) in [7, 11) is -0.792. The Bertz CT molecular complexity index is 437. The number of thiocarbonyl (C=S) groups is 1. The largest absolute Gasteiger partial charge is 0.389 e. The molecule has 0 amide bonds. The van der Waals surface area contributed by atoms with Gasteiger partial charge in [-0.05, 0) is 24.6 Å². The van der Waals surface area contributed by atoms with Crippen molar-refractivity contribution in [1.29, 1.82) is 0 Å². The second kappa shape index (κ2) is 6.66. The zero-order valence-corrected chi connectivity index (χ0v) is 11.2. The highest BCUT2D eigenvalue weighted by molar-refractivity contribution is 7.84. The van der Waals surface area contributed by atoms with Crippen LogP contribution in [0.4, 0.5) is 10.1 Å². The number of anilines is 1. The zero-order chi connectivity index (χ0) is 12.8. The minimum absolute atomic E-state index is 0.158. The molecule has 0 aliphatic heterocycles. The highest BCUT2D eigenvalue weighted by Crippen LogP contribution is 2.16. The Balaban J connectivity index is 2.64. The van der Waals surface area contributed by atoms with Crippen molar-refractivity contribution in [2.75, 3.05) is 23.9 Å². The summed E-state index contributed by atoms with van der Waals surface area (Å²) in [5.74, 6) is 0.268. The summed E-state index contributed by atoms with van der Waals surface area (Å²) in [6.07, 6.45) is 2.44. The summed E-state index contributed by atoms with van der Waals surface area (Å²) in [5, 5.41) is 3.11. The molecule has 0 aromatic heterocycles. The third-order valence-electron chi connectivity index (χ3n) is 2.17. The Kier molecular flexibility index (Phi) is 5.50. The molecule has 1 atom stereocenters. The van der Waals surface area contributed by atoms with Gasteiger partial charge >= 0.3 is 0 Å². The third-order valence-corrected chi connectivity index (χ3v) is 3.25. The average Bonchev–Trinajstić information content (AvgIpc) is 2.25. The van der Waals surface area contributed by atoms with Gasteiger partial charge in [0.25, 0.3) is 0 Å². The van der Waals surface area contributed by atoms with E-state index in [9.17, 15) is 8.60 Å². The van der Waals surface area contributed by atoms with E-state index in [1.807, 2.05) is 0 Å². The van der Waals surface area contributed by atoms with Crippen LogP contribution in [0.2, 0.25) is 0 Å². The van der Waals surface area contributed by atoms with E-state index in [0.717, 1.165) is 6.42 Å². The van der Waals surface area contributed by atoms with Gasteiger partial charge in [-0.2, -0.15) is 0 Å². The number of nitrogens with one attached hydrogen (secondary N) is 1. The lowest BCUT2D eigenvalue weighted by molar-refractivity contribution is 0.627. The number of rotatable bonds is 6. The van der Waals surface area contributed by atoms with Crippen molar-refractivity contribution in [3.63, 3.8) is 0 Å². The molecule has 1 aromatic rings. The summed E-state index contributed by atoms with van der Waals surface area (Å²) < 4.78 is 23.9. The SMILES string of the molecule is CS(=O)CCCNc1ccc(F)cc1C(N)=S. The molecular formula is C11H15FN2OS2. The number of hydrogen-bond acceptors (Lipinski definition) is 3. The molecule has 1 rings (SSSR count). The van der Waals surface area contributed by atoms with Gasteiger partial charge in [0.1, 0.15) is 10.8 Å². The molecule has 6 heteroatoms. The van der Waals surface area contributed by atoms with Gasteiger partial charge in [0.05, 0.1) is 0 Å². The Morgan fingerprint density at radius 3 is 2.88 bits per heavy atom. The number of nitrogens with two attached hydrogens (primary N) is 1. The van der Waals surface area contributed by atoms with Gasteiger partial charge in [0.15, 0.2) is 0 Å². The van der Waals surface area contributed by atoms with Crippen LogP contribution >= 0.6 is 12.2 Å². The van der Waals surface area contributed by atoms with E-state index in [1.165, 1.54) is 12.1 Å². The monoisotopic (exact) mass is 274 g/mol. The van der Waals surface area contributed by atoms with Crippen LogP contribution in [0.3, 0.4) is 0 Å². The van der Waals surface area contributed by atoms with Crippen molar-refractivity contribution >= 4 is 33.7 Å². The fourth-order valence-electron chi connectivity index (χ4n) is 1.37. The van der Waals surface area contributed by atoms with Crippen molar-refractivity contribution in [2.45, 2.75) is 6.42 Å². The topological polar surface area (TPSA) is 55.1 Å². The predicted octanol–water partition coefficient (Wildman–Crippen LogP) is 1.64. The Morgan fingerprint density at radius 1 is 1.59 bits per heavy atom. The number of halogens is 1. The van der Waals surface area contributed by atoms with Crippen LogP contribution in [0.5, 0.6) is 0 Å². The first-order valence-electron chi connectivity index (χ1n) is 5.14. The number of hydrogen-bond donors (Lipinski definition) is 2. The van der Waals surface area contributed by atoms with Crippen molar-refractivity contribution in [3.05, 3.63) is 29.6 Å². The Hall–Kier alpha value is -1.01. The lowest BCUT2D eigenvalue weighted by Crippen LogP contribution is -2.15. The normalized spacial score (nSPS) is 12.1. The van der Waals surface area contributed by atoms with Gasteiger partial charge in [0.2, 0.25) is 0 Å². The van der Waals surface area contributed by atoms with Crippen LogP contribution in [0.1, 0.15) is 12.0 Å². The summed E-state index contributed by atoms with van der Waals surface area (Å²) >= 11 is 4.85. The van der Waals surface area contributed by atoms with Crippen LogP contribution in [-0.4, -0.2) is 27.8 Å². The summed E-state index contributed by atoms with van der Waals surface area (Å²) in [4.78, 5) is 0.158. The first-order chi connectivity index (χ1) is 8.00. The van der Waals surface area contributed by atoms with Crippen LogP contribution in [0.15, 0.2) is 18.2 Å². The molecule has 0 aliphatic carbocycles. The molecule has 0 saturated heterocycles. The maximum absolute atomic E-state index is 13.0. The highest BCUT2D eigenvalue weighted by Gasteiger charge is 2.06. The van der Waals surface area contributed by atoms with Crippen LogP contribution in [0, 0.1) is 5.82 Å². The molecule has 1 aromatic carbocycles. The molecule has 94 valence electrons. The molecule has 0 fully saturated rings. The van der Waals surface area contributed by atoms with Gasteiger partial charge in [-0.25, -0.2) is 4.39 Å². The number of benzene rings is 1. The molecular weight excluding hydrogens is 259 g/mol. The first-order valence-corrected chi connectivity index (χ1v) is 7.27. The highest BCUT2D eigenvalue weighted by atomic mass is 32.2. The van der Waals surface area contributed by atoms with E-state index >= 15 is 0 Å². The standard InChI is InChI=1S/C11H15FN2OS2/c1-17(15)6-2-5-14-10-4-3-8(12)7-9(10)11(13)16/h3-4,7,14H,2,5-6H2,1H3,(H2,13,16). The second-order valence-corrected chi connectivity index (χ2v) is 5.61. The van der Waals surface area contributed by atoms with Gasteiger partial charge < -0.3 is 11.1 Å². The molecule has 0 bridgehead atoms. The maximum atomic E-state index is 13.0. The van der Waals surface area contributed by atoms with Crippen molar-refractivity contribution in [1.82, 2.24) is 0 Å². The van der Waals surface area contributed by atoms with E-state index in [1.54, 1.807) is 12.3 Å². The lowest BCUT2D eigenvalue weighted by atomic mass is 10.1. The minimum Gasteiger partial charge on any atom is -0.389 e. The first kappa shape index (κ1) is 14.1. The Morgan fingerprint density at radius 2 is 2.29 bits per heavy atom.